The minimum absolute atomic E-state index is 0.0164. The Morgan fingerprint density at radius 1 is 0.479 bits per heavy atom. The minimum atomic E-state index is -0.591. The van der Waals surface area contributed by atoms with Gasteiger partial charge in [-0.2, -0.15) is 10.5 Å². The molecule has 2 aromatic carbocycles. The summed E-state index contributed by atoms with van der Waals surface area (Å²) in [6, 6.07) is 18.0. The Morgan fingerprint density at radius 2 is 0.808 bits per heavy atom. The summed E-state index contributed by atoms with van der Waals surface area (Å²) >= 11 is 5.21. The van der Waals surface area contributed by atoms with Gasteiger partial charge in [0.25, 0.3) is 0 Å². The standard InChI is InChI=1S/C67H105I2N3O/c1-5-7-9-11-13-15-17-19-21-23-27-31-35-39-43-59-53-65(69)60(54-64(59)68)44-40-36-32-28-24-26-30-34-38-42-52-72(51-41-37-33-29-25-22-20-18-16-14-12-10-8-6-2)63-49-46-58(47-50-63)45-48-62-55-66(61(56-70)57-71)73-67(62,3)4/h45-50,53-55H,5-44,51-52H2,1-4H3/b48-45+. The van der Waals surface area contributed by atoms with E-state index in [2.05, 4.69) is 112 Å². The summed E-state index contributed by atoms with van der Waals surface area (Å²) in [6.45, 7) is 10.8. The van der Waals surface area contributed by atoms with Crippen LogP contribution in [0.4, 0.5) is 5.69 Å². The first kappa shape index (κ1) is 65.0. The molecule has 0 aromatic heterocycles. The summed E-state index contributed by atoms with van der Waals surface area (Å²) in [7, 11) is 0. The van der Waals surface area contributed by atoms with Crippen molar-refractivity contribution in [2.45, 2.75) is 290 Å². The molecular weight excluding hydrogens is 1120 g/mol. The number of halogens is 2. The summed E-state index contributed by atoms with van der Waals surface area (Å²) in [5.41, 5.74) is 5.98. The Bertz CT molecular complexity index is 1880. The number of aryl methyl sites for hydroxylation is 2. The second-order valence-corrected chi connectivity index (χ2v) is 24.7. The molecule has 1 heterocycles. The fourth-order valence-electron chi connectivity index (χ4n) is 10.6. The zero-order valence-electron chi connectivity index (χ0n) is 47.4. The highest BCUT2D eigenvalue weighted by atomic mass is 127. The average molecular weight is 1220 g/mol. The highest BCUT2D eigenvalue weighted by Gasteiger charge is 2.32. The first-order valence-corrected chi connectivity index (χ1v) is 32.8. The van der Waals surface area contributed by atoms with Gasteiger partial charge in [-0.1, -0.05) is 256 Å². The topological polar surface area (TPSA) is 60.0 Å². The number of unbranched alkanes of at least 4 members (excludes halogenated alkanes) is 35. The molecule has 4 nitrogen and oxygen atoms in total. The van der Waals surface area contributed by atoms with Gasteiger partial charge in [-0.25, -0.2) is 0 Å². The maximum atomic E-state index is 9.35. The van der Waals surface area contributed by atoms with E-state index in [-0.39, 0.29) is 5.57 Å². The summed E-state index contributed by atoms with van der Waals surface area (Å²) in [5, 5.41) is 18.7. The molecule has 0 spiro atoms. The average Bonchev–Trinajstić information content (AvgIpc) is 3.69. The first-order valence-electron chi connectivity index (χ1n) is 30.7. The molecule has 0 saturated heterocycles. The summed E-state index contributed by atoms with van der Waals surface area (Å²) in [5.74, 6) is 0.358. The third-order valence-electron chi connectivity index (χ3n) is 15.5. The molecule has 0 N–H and O–H groups in total. The monoisotopic (exact) mass is 1220 g/mol. The van der Waals surface area contributed by atoms with Gasteiger partial charge < -0.3 is 9.64 Å². The molecule has 0 radical (unpaired) electrons. The normalized spacial score (nSPS) is 13.1. The molecule has 0 atom stereocenters. The zero-order chi connectivity index (χ0) is 52.5. The van der Waals surface area contributed by atoms with Crippen LogP contribution in [0.15, 0.2) is 65.5 Å². The third kappa shape index (κ3) is 30.3. The van der Waals surface area contributed by atoms with Crippen LogP contribution in [0.1, 0.15) is 288 Å². The molecule has 0 amide bonds. The summed E-state index contributed by atoms with van der Waals surface area (Å²) < 4.78 is 8.94. The van der Waals surface area contributed by atoms with Crippen LogP contribution < -0.4 is 4.90 Å². The van der Waals surface area contributed by atoms with Crippen molar-refractivity contribution < 1.29 is 4.74 Å². The Morgan fingerprint density at radius 3 is 1.15 bits per heavy atom. The van der Waals surface area contributed by atoms with Gasteiger partial charge in [-0.3, -0.25) is 0 Å². The van der Waals surface area contributed by atoms with Crippen LogP contribution in [0.3, 0.4) is 0 Å². The van der Waals surface area contributed by atoms with Crippen LogP contribution in [0.2, 0.25) is 0 Å². The van der Waals surface area contributed by atoms with E-state index in [9.17, 15) is 10.5 Å². The van der Waals surface area contributed by atoms with Crippen molar-refractivity contribution in [1.82, 2.24) is 0 Å². The van der Waals surface area contributed by atoms with Crippen molar-refractivity contribution in [3.05, 3.63) is 89.3 Å². The predicted octanol–water partition coefficient (Wildman–Crippen LogP) is 22.4. The number of nitriles is 2. The van der Waals surface area contributed by atoms with Gasteiger partial charge in [0, 0.05) is 25.9 Å². The van der Waals surface area contributed by atoms with Crippen molar-refractivity contribution in [3.63, 3.8) is 0 Å². The van der Waals surface area contributed by atoms with Crippen LogP contribution in [0, 0.1) is 29.8 Å². The molecule has 2 aromatic rings. The van der Waals surface area contributed by atoms with Crippen LogP contribution in [-0.2, 0) is 17.6 Å². The number of hydrogen-bond acceptors (Lipinski definition) is 4. The van der Waals surface area contributed by atoms with Crippen molar-refractivity contribution in [1.29, 1.82) is 10.5 Å². The van der Waals surface area contributed by atoms with Crippen LogP contribution >= 0.6 is 45.2 Å². The van der Waals surface area contributed by atoms with Crippen LogP contribution in [0.25, 0.3) is 6.08 Å². The summed E-state index contributed by atoms with van der Waals surface area (Å²) in [6.07, 6.45) is 61.4. The van der Waals surface area contributed by atoms with Crippen LogP contribution in [-0.4, -0.2) is 18.7 Å². The number of benzene rings is 2. The number of allylic oxidation sites excluding steroid dienone is 2. The van der Waals surface area contributed by atoms with Gasteiger partial charge in [0.05, 0.1) is 0 Å². The molecule has 0 unspecified atom stereocenters. The molecule has 1 aliphatic heterocycles. The number of nitrogens with zero attached hydrogens (tertiary/aromatic N) is 3. The lowest BCUT2D eigenvalue weighted by Gasteiger charge is -2.25. The van der Waals surface area contributed by atoms with Gasteiger partial charge in [-0.15, -0.1) is 0 Å². The minimum Gasteiger partial charge on any atom is -0.481 e. The van der Waals surface area contributed by atoms with E-state index >= 15 is 0 Å². The van der Waals surface area contributed by atoms with Crippen molar-refractivity contribution in [2.75, 3.05) is 18.0 Å². The fraction of sp³-hybridized carbons (Fsp3) is 0.701. The molecule has 0 aliphatic carbocycles. The van der Waals surface area contributed by atoms with Gasteiger partial charge >= 0.3 is 0 Å². The predicted molar refractivity (Wildman–Crippen MR) is 335 cm³/mol. The van der Waals surface area contributed by atoms with Crippen molar-refractivity contribution >= 4 is 56.9 Å². The fourth-order valence-corrected chi connectivity index (χ4v) is 12.2. The van der Waals surface area contributed by atoms with E-state index in [1.165, 1.54) is 270 Å². The molecule has 3 rings (SSSR count). The SMILES string of the molecule is CCCCCCCCCCCCCCCCc1cc(I)c(CCCCCCCCCCCCN(CCCCCCCCCCCCCCCC)c2ccc(/C=C/C3=CC(=C(C#N)C#N)OC3(C)C)cc2)cc1I. The highest BCUT2D eigenvalue weighted by molar-refractivity contribution is 14.1. The van der Waals surface area contributed by atoms with Gasteiger partial charge in [0.2, 0.25) is 0 Å². The molecule has 0 saturated carbocycles. The Balaban J connectivity index is 1.30. The summed E-state index contributed by atoms with van der Waals surface area (Å²) in [4.78, 5) is 2.64. The van der Waals surface area contributed by atoms with E-state index in [0.717, 1.165) is 24.2 Å². The molecule has 0 fully saturated rings. The smallest absolute Gasteiger partial charge is 0.171 e. The molecule has 0 bridgehead atoms. The van der Waals surface area contributed by atoms with E-state index < -0.39 is 5.60 Å². The second kappa shape index (κ2) is 42.8. The number of hydrogen-bond donors (Lipinski definition) is 0. The molecular formula is C67H105I2N3O. The van der Waals surface area contributed by atoms with E-state index in [4.69, 9.17) is 4.74 Å². The van der Waals surface area contributed by atoms with Crippen LogP contribution in [0.5, 0.6) is 0 Å². The van der Waals surface area contributed by atoms with Crippen molar-refractivity contribution in [3.8, 4) is 12.1 Å². The van der Waals surface area contributed by atoms with Gasteiger partial charge in [0.15, 0.2) is 5.57 Å². The third-order valence-corrected chi connectivity index (χ3v) is 17.5. The molecule has 73 heavy (non-hydrogen) atoms. The quantitative estimate of drug-likeness (QED) is 0.0377. The number of ether oxygens (including phenoxy) is 1. The van der Waals surface area contributed by atoms with Gasteiger partial charge in [-0.05, 0) is 150 Å². The zero-order valence-corrected chi connectivity index (χ0v) is 51.7. The van der Waals surface area contributed by atoms with Crippen molar-refractivity contribution in [2.24, 2.45) is 0 Å². The largest absolute Gasteiger partial charge is 0.481 e. The highest BCUT2D eigenvalue weighted by Crippen LogP contribution is 2.35. The lowest BCUT2D eigenvalue weighted by Crippen LogP contribution is -2.25. The first-order chi connectivity index (χ1) is 35.7. The number of rotatable bonds is 46. The Kier molecular flexibility index (Phi) is 38.1. The lowest BCUT2D eigenvalue weighted by molar-refractivity contribution is 0.0959. The lowest BCUT2D eigenvalue weighted by atomic mass is 9.98. The maximum Gasteiger partial charge on any atom is 0.171 e. The Hall–Kier alpha value is -2.30. The molecule has 408 valence electrons. The maximum absolute atomic E-state index is 9.35. The van der Waals surface area contributed by atoms with E-state index in [1.807, 2.05) is 32.1 Å². The van der Waals surface area contributed by atoms with E-state index in [1.54, 1.807) is 11.1 Å². The molecule has 6 heteroatoms. The Labute approximate surface area is 478 Å². The van der Waals surface area contributed by atoms with E-state index in [0.29, 0.717) is 5.76 Å². The molecule has 1 aliphatic rings. The van der Waals surface area contributed by atoms with Gasteiger partial charge in [0.1, 0.15) is 23.5 Å². The second-order valence-electron chi connectivity index (χ2n) is 22.3. The number of anilines is 1.